The summed E-state index contributed by atoms with van der Waals surface area (Å²) >= 11 is 6.05. The fraction of sp³-hybridized carbons (Fsp3) is 0.0952. The van der Waals surface area contributed by atoms with Crippen LogP contribution in [0.2, 0.25) is 5.02 Å². The lowest BCUT2D eigenvalue weighted by Crippen LogP contribution is -2.49. The van der Waals surface area contributed by atoms with E-state index in [-0.39, 0.29) is 0 Å². The molecule has 4 heteroatoms. The first-order valence-corrected chi connectivity index (χ1v) is 8.34. The zero-order valence-electron chi connectivity index (χ0n) is 13.5. The van der Waals surface area contributed by atoms with Gasteiger partial charge in [0, 0.05) is 11.6 Å². The molecular formula is C21H18ClNO2. The minimum Gasteiger partial charge on any atom is -0.479 e. The quantitative estimate of drug-likeness (QED) is 0.689. The number of hydrogen-bond acceptors (Lipinski definition) is 2. The first kappa shape index (κ1) is 17.2. The summed E-state index contributed by atoms with van der Waals surface area (Å²) in [6, 6.07) is 25.8. The van der Waals surface area contributed by atoms with Crippen molar-refractivity contribution in [2.24, 2.45) is 0 Å². The van der Waals surface area contributed by atoms with E-state index in [2.05, 4.69) is 5.32 Å². The molecule has 0 fully saturated rings. The van der Waals surface area contributed by atoms with Crippen LogP contribution in [0, 0.1) is 0 Å². The topological polar surface area (TPSA) is 49.3 Å². The van der Waals surface area contributed by atoms with E-state index in [1.54, 1.807) is 6.07 Å². The van der Waals surface area contributed by atoms with Gasteiger partial charge in [-0.3, -0.25) is 5.32 Å². The van der Waals surface area contributed by atoms with Gasteiger partial charge in [0.2, 0.25) is 0 Å². The highest BCUT2D eigenvalue weighted by atomic mass is 35.5. The van der Waals surface area contributed by atoms with E-state index >= 15 is 0 Å². The monoisotopic (exact) mass is 351 g/mol. The molecule has 0 atom stereocenters. The number of benzene rings is 3. The summed E-state index contributed by atoms with van der Waals surface area (Å²) in [6.07, 6.45) is 0. The van der Waals surface area contributed by atoms with Crippen LogP contribution in [0.15, 0.2) is 84.9 Å². The van der Waals surface area contributed by atoms with Crippen LogP contribution in [-0.2, 0) is 16.9 Å². The number of aliphatic carboxylic acids is 1. The van der Waals surface area contributed by atoms with Crippen molar-refractivity contribution in [2.45, 2.75) is 12.1 Å². The van der Waals surface area contributed by atoms with Gasteiger partial charge in [-0.1, -0.05) is 84.4 Å². The van der Waals surface area contributed by atoms with Crippen molar-refractivity contribution < 1.29 is 9.90 Å². The van der Waals surface area contributed by atoms with Crippen molar-refractivity contribution >= 4 is 17.6 Å². The third-order valence-corrected chi connectivity index (χ3v) is 4.42. The maximum atomic E-state index is 12.4. The van der Waals surface area contributed by atoms with E-state index in [0.29, 0.717) is 22.7 Å². The SMILES string of the molecule is O=C(O)C(NCc1cccc(Cl)c1)(c1ccccc1)c1ccccc1. The molecule has 25 heavy (non-hydrogen) atoms. The van der Waals surface area contributed by atoms with Gasteiger partial charge >= 0.3 is 5.97 Å². The van der Waals surface area contributed by atoms with Gasteiger partial charge in [-0.05, 0) is 28.8 Å². The largest absolute Gasteiger partial charge is 0.479 e. The van der Waals surface area contributed by atoms with E-state index in [1.807, 2.05) is 78.9 Å². The third kappa shape index (κ3) is 3.58. The molecule has 0 bridgehead atoms. The molecule has 0 saturated heterocycles. The summed E-state index contributed by atoms with van der Waals surface area (Å²) in [6.45, 7) is 0.372. The Bertz CT molecular complexity index is 811. The van der Waals surface area contributed by atoms with Gasteiger partial charge in [0.15, 0.2) is 5.54 Å². The van der Waals surface area contributed by atoms with Crippen LogP contribution >= 0.6 is 11.6 Å². The molecule has 3 nitrogen and oxygen atoms in total. The zero-order chi connectivity index (χ0) is 17.7. The first-order valence-electron chi connectivity index (χ1n) is 7.97. The predicted molar refractivity (Wildman–Crippen MR) is 99.6 cm³/mol. The van der Waals surface area contributed by atoms with E-state index in [0.717, 1.165) is 5.56 Å². The van der Waals surface area contributed by atoms with Crippen molar-refractivity contribution in [3.05, 3.63) is 107 Å². The molecule has 0 heterocycles. The van der Waals surface area contributed by atoms with Crippen LogP contribution in [0.1, 0.15) is 16.7 Å². The van der Waals surface area contributed by atoms with Crippen LogP contribution in [0.3, 0.4) is 0 Å². The number of carbonyl (C=O) groups is 1. The molecule has 0 amide bonds. The second-order valence-corrected chi connectivity index (χ2v) is 6.21. The summed E-state index contributed by atoms with van der Waals surface area (Å²) in [5, 5.41) is 14.0. The molecule has 0 spiro atoms. The van der Waals surface area contributed by atoms with Gasteiger partial charge in [0.25, 0.3) is 0 Å². The first-order chi connectivity index (χ1) is 12.1. The van der Waals surface area contributed by atoms with Crippen LogP contribution in [0.4, 0.5) is 0 Å². The minimum atomic E-state index is -1.34. The van der Waals surface area contributed by atoms with Crippen LogP contribution in [0.25, 0.3) is 0 Å². The molecule has 2 N–H and O–H groups in total. The van der Waals surface area contributed by atoms with Crippen LogP contribution in [0.5, 0.6) is 0 Å². The number of hydrogen-bond donors (Lipinski definition) is 2. The molecule has 0 aliphatic carbocycles. The maximum absolute atomic E-state index is 12.4. The standard InChI is InChI=1S/C21H18ClNO2/c22-19-13-7-8-16(14-19)15-23-21(20(24)25,17-9-3-1-4-10-17)18-11-5-2-6-12-18/h1-14,23H,15H2,(H,24,25). The van der Waals surface area contributed by atoms with Gasteiger partial charge in [-0.2, -0.15) is 0 Å². The van der Waals surface area contributed by atoms with Crippen molar-refractivity contribution in [2.75, 3.05) is 0 Å². The lowest BCUT2D eigenvalue weighted by Gasteiger charge is -2.32. The smallest absolute Gasteiger partial charge is 0.333 e. The summed E-state index contributed by atoms with van der Waals surface area (Å²) in [5.41, 5.74) is 0.932. The van der Waals surface area contributed by atoms with Gasteiger partial charge in [0.05, 0.1) is 0 Å². The summed E-state index contributed by atoms with van der Waals surface area (Å²) < 4.78 is 0. The highest BCUT2D eigenvalue weighted by Gasteiger charge is 2.41. The molecule has 0 saturated carbocycles. The predicted octanol–water partition coefficient (Wildman–Crippen LogP) is 4.46. The Morgan fingerprint density at radius 3 is 1.92 bits per heavy atom. The number of rotatable bonds is 6. The molecule has 0 unspecified atom stereocenters. The van der Waals surface area contributed by atoms with Crippen LogP contribution in [-0.4, -0.2) is 11.1 Å². The Morgan fingerprint density at radius 1 is 0.880 bits per heavy atom. The number of halogens is 1. The average Bonchev–Trinajstić information content (AvgIpc) is 2.64. The lowest BCUT2D eigenvalue weighted by molar-refractivity contribution is -0.143. The molecule has 3 rings (SSSR count). The Labute approximate surface area is 151 Å². The second kappa shape index (κ2) is 7.51. The Balaban J connectivity index is 2.06. The molecule has 126 valence electrons. The summed E-state index contributed by atoms with van der Waals surface area (Å²) in [4.78, 5) is 12.4. The lowest BCUT2D eigenvalue weighted by atomic mass is 9.82. The Morgan fingerprint density at radius 2 is 1.44 bits per heavy atom. The molecule has 3 aromatic rings. The van der Waals surface area contributed by atoms with Gasteiger partial charge in [-0.25, -0.2) is 4.79 Å². The second-order valence-electron chi connectivity index (χ2n) is 5.77. The van der Waals surface area contributed by atoms with Crippen molar-refractivity contribution in [3.8, 4) is 0 Å². The zero-order valence-corrected chi connectivity index (χ0v) is 14.3. The number of nitrogens with one attached hydrogen (secondary N) is 1. The van der Waals surface area contributed by atoms with Gasteiger partial charge in [0.1, 0.15) is 0 Å². The van der Waals surface area contributed by atoms with E-state index < -0.39 is 11.5 Å². The normalized spacial score (nSPS) is 11.2. The third-order valence-electron chi connectivity index (χ3n) is 4.18. The molecular weight excluding hydrogens is 334 g/mol. The molecule has 0 aliphatic rings. The fourth-order valence-corrected chi connectivity index (χ4v) is 3.16. The van der Waals surface area contributed by atoms with E-state index in [1.165, 1.54) is 0 Å². The summed E-state index contributed by atoms with van der Waals surface area (Å²) in [5.74, 6) is -0.952. The van der Waals surface area contributed by atoms with Gasteiger partial charge < -0.3 is 5.11 Å². The van der Waals surface area contributed by atoms with E-state index in [4.69, 9.17) is 11.6 Å². The van der Waals surface area contributed by atoms with Crippen molar-refractivity contribution in [1.82, 2.24) is 5.32 Å². The maximum Gasteiger partial charge on any atom is 0.333 e. The molecule has 0 radical (unpaired) electrons. The fourth-order valence-electron chi connectivity index (χ4n) is 2.95. The molecule has 3 aromatic carbocycles. The van der Waals surface area contributed by atoms with Gasteiger partial charge in [-0.15, -0.1) is 0 Å². The Hall–Kier alpha value is -2.62. The highest BCUT2D eigenvalue weighted by Crippen LogP contribution is 2.30. The minimum absolute atomic E-state index is 0.372. The van der Waals surface area contributed by atoms with Crippen molar-refractivity contribution in [3.63, 3.8) is 0 Å². The van der Waals surface area contributed by atoms with E-state index in [9.17, 15) is 9.90 Å². The number of carboxylic acids is 1. The van der Waals surface area contributed by atoms with Crippen LogP contribution < -0.4 is 5.32 Å². The van der Waals surface area contributed by atoms with Crippen molar-refractivity contribution in [1.29, 1.82) is 0 Å². The molecule has 0 aliphatic heterocycles. The Kier molecular flexibility index (Phi) is 5.17. The molecule has 0 aromatic heterocycles. The average molecular weight is 352 g/mol. The highest BCUT2D eigenvalue weighted by molar-refractivity contribution is 6.30. The number of carboxylic acid groups (broad SMARTS) is 1. The summed E-state index contributed by atoms with van der Waals surface area (Å²) in [7, 11) is 0.